The van der Waals surface area contributed by atoms with Crippen LogP contribution in [-0.4, -0.2) is 37.1 Å². The van der Waals surface area contributed by atoms with E-state index in [2.05, 4.69) is 24.1 Å². The van der Waals surface area contributed by atoms with Crippen LogP contribution in [0.3, 0.4) is 0 Å². The first-order valence-corrected chi connectivity index (χ1v) is 4.08. The van der Waals surface area contributed by atoms with Gasteiger partial charge in [-0.05, 0) is 19.9 Å². The summed E-state index contributed by atoms with van der Waals surface area (Å²) in [6.45, 7) is 10.8. The van der Waals surface area contributed by atoms with E-state index in [0.29, 0.717) is 6.04 Å². The lowest BCUT2D eigenvalue weighted by Crippen LogP contribution is -2.49. The van der Waals surface area contributed by atoms with E-state index in [1.807, 2.05) is 0 Å². The van der Waals surface area contributed by atoms with Crippen molar-refractivity contribution < 1.29 is 0 Å². The van der Waals surface area contributed by atoms with Gasteiger partial charge < -0.3 is 10.2 Å². The molecule has 0 aliphatic carbocycles. The highest BCUT2D eigenvalue weighted by atomic mass is 15.2. The SMILES string of the molecule is [CH2]CCN1CCNC(C)C1. The third-order valence-electron chi connectivity index (χ3n) is 1.93. The van der Waals surface area contributed by atoms with E-state index in [0.717, 1.165) is 19.5 Å². The molecule has 10 heavy (non-hydrogen) atoms. The van der Waals surface area contributed by atoms with Crippen molar-refractivity contribution in [3.63, 3.8) is 0 Å². The van der Waals surface area contributed by atoms with Gasteiger partial charge in [-0.3, -0.25) is 0 Å². The molecule has 0 spiro atoms. The summed E-state index contributed by atoms with van der Waals surface area (Å²) in [5, 5.41) is 3.41. The average molecular weight is 141 g/mol. The van der Waals surface area contributed by atoms with Crippen LogP contribution >= 0.6 is 0 Å². The van der Waals surface area contributed by atoms with Crippen LogP contribution in [0, 0.1) is 6.92 Å². The summed E-state index contributed by atoms with van der Waals surface area (Å²) in [7, 11) is 0. The number of nitrogens with one attached hydrogen (secondary N) is 1. The van der Waals surface area contributed by atoms with Gasteiger partial charge >= 0.3 is 0 Å². The molecule has 1 rings (SSSR count). The fourth-order valence-electron chi connectivity index (χ4n) is 1.44. The Morgan fingerprint density at radius 1 is 1.70 bits per heavy atom. The molecule has 0 saturated carbocycles. The zero-order chi connectivity index (χ0) is 7.40. The Morgan fingerprint density at radius 2 is 2.50 bits per heavy atom. The van der Waals surface area contributed by atoms with E-state index >= 15 is 0 Å². The molecule has 0 amide bonds. The van der Waals surface area contributed by atoms with Gasteiger partial charge in [-0.1, -0.05) is 6.92 Å². The van der Waals surface area contributed by atoms with Crippen LogP contribution in [-0.2, 0) is 0 Å². The zero-order valence-electron chi connectivity index (χ0n) is 6.77. The molecule has 1 N–H and O–H groups in total. The molecule has 1 radical (unpaired) electrons. The normalized spacial score (nSPS) is 28.8. The van der Waals surface area contributed by atoms with Crippen molar-refractivity contribution >= 4 is 0 Å². The van der Waals surface area contributed by atoms with E-state index in [9.17, 15) is 0 Å². The largest absolute Gasteiger partial charge is 0.312 e. The molecule has 1 atom stereocenters. The highest BCUT2D eigenvalue weighted by Crippen LogP contribution is 1.98. The summed E-state index contributed by atoms with van der Waals surface area (Å²) in [6, 6.07) is 0.667. The standard InChI is InChI=1S/C8H17N2/c1-3-5-10-6-4-9-8(2)7-10/h8-9H,1,3-7H2,2H3. The first-order chi connectivity index (χ1) is 4.83. The monoisotopic (exact) mass is 141 g/mol. The third kappa shape index (κ3) is 2.27. The smallest absolute Gasteiger partial charge is 0.0167 e. The maximum atomic E-state index is 3.84. The first-order valence-electron chi connectivity index (χ1n) is 4.08. The van der Waals surface area contributed by atoms with Crippen LogP contribution in [0.15, 0.2) is 0 Å². The maximum Gasteiger partial charge on any atom is 0.0167 e. The van der Waals surface area contributed by atoms with Crippen LogP contribution < -0.4 is 5.32 Å². The summed E-state index contributed by atoms with van der Waals surface area (Å²) in [5.41, 5.74) is 0. The van der Waals surface area contributed by atoms with Gasteiger partial charge in [-0.2, -0.15) is 0 Å². The molecule has 1 saturated heterocycles. The van der Waals surface area contributed by atoms with Gasteiger partial charge in [0.15, 0.2) is 0 Å². The topological polar surface area (TPSA) is 15.3 Å². The van der Waals surface area contributed by atoms with Gasteiger partial charge in [0.25, 0.3) is 0 Å². The molecule has 0 aromatic rings. The number of hydrogen-bond donors (Lipinski definition) is 1. The Balaban J connectivity index is 2.18. The van der Waals surface area contributed by atoms with Gasteiger partial charge in [0, 0.05) is 25.7 Å². The van der Waals surface area contributed by atoms with Crippen LogP contribution in [0.1, 0.15) is 13.3 Å². The van der Waals surface area contributed by atoms with Gasteiger partial charge in [-0.25, -0.2) is 0 Å². The molecule has 2 heteroatoms. The minimum absolute atomic E-state index is 0.667. The Bertz CT molecular complexity index is 91.3. The molecule has 59 valence electrons. The second-order valence-corrected chi connectivity index (χ2v) is 3.01. The van der Waals surface area contributed by atoms with Gasteiger partial charge in [0.05, 0.1) is 0 Å². The lowest BCUT2D eigenvalue weighted by atomic mass is 10.2. The molecular formula is C8H17N2. The molecule has 1 unspecified atom stereocenters. The van der Waals surface area contributed by atoms with E-state index < -0.39 is 0 Å². The summed E-state index contributed by atoms with van der Waals surface area (Å²) >= 11 is 0. The van der Waals surface area contributed by atoms with E-state index in [4.69, 9.17) is 0 Å². The molecule has 2 nitrogen and oxygen atoms in total. The molecular weight excluding hydrogens is 124 g/mol. The zero-order valence-corrected chi connectivity index (χ0v) is 6.77. The first kappa shape index (κ1) is 8.02. The second kappa shape index (κ2) is 3.94. The highest BCUT2D eigenvalue weighted by molar-refractivity contribution is 4.74. The van der Waals surface area contributed by atoms with Crippen LogP contribution in [0.5, 0.6) is 0 Å². The van der Waals surface area contributed by atoms with Gasteiger partial charge in [0.1, 0.15) is 0 Å². The lowest BCUT2D eigenvalue weighted by molar-refractivity contribution is 0.210. The van der Waals surface area contributed by atoms with E-state index in [-0.39, 0.29) is 0 Å². The van der Waals surface area contributed by atoms with Crippen molar-refractivity contribution in [3.05, 3.63) is 6.92 Å². The van der Waals surface area contributed by atoms with Crippen molar-refractivity contribution in [3.8, 4) is 0 Å². The summed E-state index contributed by atoms with van der Waals surface area (Å²) in [6.07, 6.45) is 1.03. The fraction of sp³-hybridized carbons (Fsp3) is 0.875. The molecule has 1 aliphatic rings. The predicted octanol–water partition coefficient (Wildman–Crippen LogP) is 0.504. The molecule has 1 fully saturated rings. The Labute approximate surface area is 63.6 Å². The predicted molar refractivity (Wildman–Crippen MR) is 43.9 cm³/mol. The number of piperazine rings is 1. The number of rotatable bonds is 2. The third-order valence-corrected chi connectivity index (χ3v) is 1.93. The molecule has 0 aromatic heterocycles. The second-order valence-electron chi connectivity index (χ2n) is 3.01. The minimum Gasteiger partial charge on any atom is -0.312 e. The summed E-state index contributed by atoms with van der Waals surface area (Å²) in [5.74, 6) is 0. The molecule has 1 aliphatic heterocycles. The van der Waals surface area contributed by atoms with Crippen molar-refractivity contribution in [1.82, 2.24) is 10.2 Å². The van der Waals surface area contributed by atoms with Crippen molar-refractivity contribution in [2.24, 2.45) is 0 Å². The molecule has 0 aromatic carbocycles. The Hall–Kier alpha value is -0.0800. The van der Waals surface area contributed by atoms with Crippen molar-refractivity contribution in [2.45, 2.75) is 19.4 Å². The van der Waals surface area contributed by atoms with E-state index in [1.54, 1.807) is 0 Å². The number of nitrogens with zero attached hydrogens (tertiary/aromatic N) is 1. The number of hydrogen-bond acceptors (Lipinski definition) is 2. The fourth-order valence-corrected chi connectivity index (χ4v) is 1.44. The van der Waals surface area contributed by atoms with Crippen molar-refractivity contribution in [1.29, 1.82) is 0 Å². The molecule has 0 bridgehead atoms. The summed E-state index contributed by atoms with van der Waals surface area (Å²) in [4.78, 5) is 2.47. The Kier molecular flexibility index (Phi) is 3.16. The summed E-state index contributed by atoms with van der Waals surface area (Å²) < 4.78 is 0. The lowest BCUT2D eigenvalue weighted by Gasteiger charge is -2.31. The van der Waals surface area contributed by atoms with Crippen LogP contribution in [0.25, 0.3) is 0 Å². The van der Waals surface area contributed by atoms with Gasteiger partial charge in [0.2, 0.25) is 0 Å². The maximum absolute atomic E-state index is 3.84. The quantitative estimate of drug-likeness (QED) is 0.602. The molecule has 1 heterocycles. The van der Waals surface area contributed by atoms with Crippen molar-refractivity contribution in [2.75, 3.05) is 26.2 Å². The average Bonchev–Trinajstić information content (AvgIpc) is 1.88. The van der Waals surface area contributed by atoms with Crippen LogP contribution in [0.2, 0.25) is 0 Å². The Morgan fingerprint density at radius 3 is 3.10 bits per heavy atom. The van der Waals surface area contributed by atoms with Gasteiger partial charge in [-0.15, -0.1) is 0 Å². The minimum atomic E-state index is 0.667. The highest BCUT2D eigenvalue weighted by Gasteiger charge is 2.13. The van der Waals surface area contributed by atoms with Crippen LogP contribution in [0.4, 0.5) is 0 Å². The van der Waals surface area contributed by atoms with E-state index in [1.165, 1.54) is 13.1 Å².